The van der Waals surface area contributed by atoms with Crippen molar-refractivity contribution in [3.8, 4) is 0 Å². The van der Waals surface area contributed by atoms with Crippen LogP contribution in [-0.2, 0) is 88.1 Å². The number of hydrogen-bond donors (Lipinski definition) is 5. The molecule has 0 aromatic heterocycles. The van der Waals surface area contributed by atoms with Crippen LogP contribution in [0.15, 0.2) is 60.7 Å². The van der Waals surface area contributed by atoms with E-state index < -0.39 is 136 Å². The Morgan fingerprint density at radius 3 is 1.47 bits per heavy atom. The van der Waals surface area contributed by atoms with Crippen LogP contribution in [0.1, 0.15) is 122 Å². The van der Waals surface area contributed by atoms with Gasteiger partial charge in [-0.05, 0) is 97.4 Å². The van der Waals surface area contributed by atoms with Gasteiger partial charge in [0, 0.05) is 74.9 Å². The number of fused-ring (bicyclic) bond motifs is 6. The van der Waals surface area contributed by atoms with E-state index in [0.29, 0.717) is 54.7 Å². The molecule has 10 rings (SSSR count). The van der Waals surface area contributed by atoms with Gasteiger partial charge in [-0.2, -0.15) is 0 Å². The maximum atomic E-state index is 14.3. The van der Waals surface area contributed by atoms with Crippen LogP contribution in [0.2, 0.25) is 0 Å². The fourth-order valence-corrected chi connectivity index (χ4v) is 12.2. The molecule has 8 amide bonds. The topological polar surface area (TPSA) is 317 Å². The maximum Gasteiger partial charge on any atom is 0.410 e. The summed E-state index contributed by atoms with van der Waals surface area (Å²) in [6.07, 6.45) is 3.84. The molecule has 6 heterocycles. The van der Waals surface area contributed by atoms with E-state index in [1.54, 1.807) is 84.9 Å². The van der Waals surface area contributed by atoms with Crippen molar-refractivity contribution < 1.29 is 95.0 Å². The molecule has 8 aliphatic rings. The number of nitrogens with one attached hydrogen (secondary N) is 4. The Hall–Kier alpha value is -8.40. The third kappa shape index (κ3) is 16.3. The highest BCUT2D eigenvalue weighted by Crippen LogP contribution is 2.47. The first kappa shape index (κ1) is 68.0. The number of carboxylic acid groups (broad SMARTS) is 1. The fourth-order valence-electron chi connectivity index (χ4n) is 12.2. The van der Waals surface area contributed by atoms with Crippen LogP contribution in [0.5, 0.6) is 0 Å². The zero-order valence-electron chi connectivity index (χ0n) is 52.8. The van der Waals surface area contributed by atoms with Crippen LogP contribution in [0.3, 0.4) is 0 Å². The van der Waals surface area contributed by atoms with Crippen LogP contribution in [-0.4, -0.2) is 189 Å². The van der Waals surface area contributed by atoms with Crippen LogP contribution in [0, 0.1) is 23.5 Å². The lowest BCUT2D eigenvalue weighted by Gasteiger charge is -2.30. The first-order valence-electron chi connectivity index (χ1n) is 31.2. The van der Waals surface area contributed by atoms with E-state index in [4.69, 9.17) is 33.2 Å². The highest BCUT2D eigenvalue weighted by Gasteiger charge is 2.63. The Labute approximate surface area is 531 Å². The molecule has 2 aromatic rings. The van der Waals surface area contributed by atoms with E-state index in [-0.39, 0.29) is 97.1 Å². The van der Waals surface area contributed by atoms with Crippen LogP contribution >= 0.6 is 0 Å². The van der Waals surface area contributed by atoms with Gasteiger partial charge in [0.2, 0.25) is 23.6 Å². The average molecular weight is 1290 g/mol. The largest absolute Gasteiger partial charge is 0.479 e. The van der Waals surface area contributed by atoms with E-state index in [1.165, 1.54) is 31.7 Å². The average Bonchev–Trinajstić information content (AvgIpc) is 1.59. The van der Waals surface area contributed by atoms with Crippen molar-refractivity contribution in [2.45, 2.75) is 185 Å². The van der Waals surface area contributed by atoms with Gasteiger partial charge in [0.15, 0.2) is 0 Å². The molecular formula is C64H82F2N8O18. The molecule has 10 atom stereocenters. The second-order valence-corrected chi connectivity index (χ2v) is 26.2. The summed E-state index contributed by atoms with van der Waals surface area (Å²) < 4.78 is 67.6. The number of carboxylic acids is 1. The van der Waals surface area contributed by atoms with Gasteiger partial charge >= 0.3 is 36.3 Å². The summed E-state index contributed by atoms with van der Waals surface area (Å²) >= 11 is 0. The molecule has 5 N–H and O–H groups in total. The SMILES string of the molecule is CC(C)(C)OC(=O)N[C@H]1CCOCC/C=C\[C@@H]2C[C@@]2(C(=O)O)NC(=O)[C@@H]2C[C@@H](OC(=O)N3Cc4cccc(F)c4C3)CN2C1=O.CCOC(=O)[C@@]12C[C@H]1/C=C\CCOCC[C@H](NC(=O)OC(C)(C)C)C(=O)N1C[C@H](OC(=O)N3Cc4cccc(F)c4C3)C[C@H]1C(=O)N2. The zero-order chi connectivity index (χ0) is 66.5. The minimum atomic E-state index is -1.53. The van der Waals surface area contributed by atoms with Gasteiger partial charge in [-0.25, -0.2) is 37.5 Å². The predicted molar refractivity (Wildman–Crippen MR) is 319 cm³/mol. The molecule has 0 spiro atoms. The number of rotatable bonds is 7. The highest BCUT2D eigenvalue weighted by molar-refractivity contribution is 5.98. The van der Waals surface area contributed by atoms with Crippen molar-refractivity contribution in [2.24, 2.45) is 11.8 Å². The lowest BCUT2D eigenvalue weighted by molar-refractivity contribution is -0.150. The molecule has 0 unspecified atom stereocenters. The molecule has 2 aromatic carbocycles. The van der Waals surface area contributed by atoms with Gasteiger partial charge in [-0.1, -0.05) is 48.6 Å². The van der Waals surface area contributed by atoms with Gasteiger partial charge in [0.05, 0.1) is 46.0 Å². The van der Waals surface area contributed by atoms with Crippen molar-refractivity contribution in [3.05, 3.63) is 94.6 Å². The molecule has 500 valence electrons. The Morgan fingerprint density at radius 1 is 0.630 bits per heavy atom. The molecule has 92 heavy (non-hydrogen) atoms. The Kier molecular flexibility index (Phi) is 20.9. The number of aliphatic carboxylic acids is 1. The second-order valence-electron chi connectivity index (χ2n) is 26.2. The van der Waals surface area contributed by atoms with Gasteiger partial charge in [-0.15, -0.1) is 0 Å². The van der Waals surface area contributed by atoms with Crippen LogP contribution < -0.4 is 21.3 Å². The van der Waals surface area contributed by atoms with Crippen LogP contribution in [0.4, 0.5) is 28.0 Å². The monoisotopic (exact) mass is 1290 g/mol. The van der Waals surface area contributed by atoms with Crippen molar-refractivity contribution >= 4 is 59.9 Å². The fraction of sp³-hybridized carbons (Fsp3) is 0.594. The summed E-state index contributed by atoms with van der Waals surface area (Å²) in [5.74, 6) is -5.92. The molecule has 0 bridgehead atoms. The highest BCUT2D eigenvalue weighted by atomic mass is 19.1. The minimum Gasteiger partial charge on any atom is -0.479 e. The summed E-state index contributed by atoms with van der Waals surface area (Å²) in [6.45, 7) is 12.8. The predicted octanol–water partition coefficient (Wildman–Crippen LogP) is 5.41. The molecule has 2 saturated heterocycles. The number of amides is 8. The third-order valence-corrected chi connectivity index (χ3v) is 17.0. The quantitative estimate of drug-likeness (QED) is 0.131. The summed E-state index contributed by atoms with van der Waals surface area (Å²) in [5.41, 5.74) is -2.36. The lowest BCUT2D eigenvalue weighted by atomic mass is 10.1. The smallest absolute Gasteiger partial charge is 0.410 e. The summed E-state index contributed by atoms with van der Waals surface area (Å²) in [5, 5.41) is 20.7. The van der Waals surface area contributed by atoms with Crippen molar-refractivity contribution in [3.63, 3.8) is 0 Å². The first-order chi connectivity index (χ1) is 43.6. The van der Waals surface area contributed by atoms with Crippen molar-refractivity contribution in [1.82, 2.24) is 40.9 Å². The number of nitrogens with zero attached hydrogens (tertiary/aromatic N) is 4. The number of hydrogen-bond acceptors (Lipinski definition) is 17. The normalized spacial score (nSPS) is 28.8. The molecule has 28 heteroatoms. The molecular weight excluding hydrogens is 1210 g/mol. The summed E-state index contributed by atoms with van der Waals surface area (Å²) in [6, 6.07) is 4.63. The second kappa shape index (κ2) is 28.2. The van der Waals surface area contributed by atoms with E-state index in [1.807, 2.05) is 12.2 Å². The Morgan fingerprint density at radius 2 is 1.05 bits per heavy atom. The van der Waals surface area contributed by atoms with Crippen molar-refractivity contribution in [1.29, 1.82) is 0 Å². The Bertz CT molecular complexity index is 3240. The number of carbonyl (C=O) groups excluding carboxylic acids is 9. The number of benzene rings is 2. The maximum absolute atomic E-state index is 14.3. The molecule has 26 nitrogen and oxygen atoms in total. The standard InChI is InChI=1S/C33H43FN4O9.C31H39FN4O9/c1-5-45-29(41)33-16-21(33)10-6-7-13-44-14-12-25(35-30(42)47-32(2,3)4)28(40)38-18-22(15-26(38)27(39)36-33)46-31(43)37-17-20-9-8-11-24(34)23(20)19-37;1-30(2,3)45-28(41)33-23-10-12-43-11-5-4-8-19-14-31(19,27(39)40)34-25(37)24-13-20(16-36(24)26(23)38)44-29(42)35-15-18-7-6-9-22(32)21(18)17-35/h6,8-11,21-22,25-26H,5,7,12-19H2,1-4H3,(H,35,42)(H,36,39);4,6-9,19-20,23-24H,5,10-17H2,1-3H3,(H,33,41)(H,34,37)(H,39,40)/b10-6-;8-4-/t21-,22-,25+,26+,33-;19-,20-,23+,24+,31-/m11/s1. The number of halogens is 2. The molecule has 4 fully saturated rings. The number of esters is 1. The minimum absolute atomic E-state index is 0.0119. The first-order valence-corrected chi connectivity index (χ1v) is 31.2. The van der Waals surface area contributed by atoms with Gasteiger partial charge in [0.25, 0.3) is 0 Å². The van der Waals surface area contributed by atoms with Gasteiger partial charge < -0.3 is 69.3 Å². The van der Waals surface area contributed by atoms with Crippen LogP contribution in [0.25, 0.3) is 0 Å². The lowest BCUT2D eigenvalue weighted by Crippen LogP contribution is -2.57. The van der Waals surface area contributed by atoms with E-state index >= 15 is 0 Å². The van der Waals surface area contributed by atoms with E-state index in [0.717, 1.165) is 0 Å². The van der Waals surface area contributed by atoms with Gasteiger partial charge in [-0.3, -0.25) is 29.0 Å². The molecule has 0 radical (unpaired) electrons. The molecule has 2 saturated carbocycles. The third-order valence-electron chi connectivity index (χ3n) is 17.0. The van der Waals surface area contributed by atoms with E-state index in [2.05, 4.69) is 21.3 Å². The number of alkyl carbamates (subject to hydrolysis) is 2. The molecule has 2 aliphatic carbocycles. The molecule has 6 aliphatic heterocycles. The number of carbonyl (C=O) groups is 10. The summed E-state index contributed by atoms with van der Waals surface area (Å²) in [7, 11) is 0. The van der Waals surface area contributed by atoms with Gasteiger partial charge in [0.1, 0.15) is 70.3 Å². The van der Waals surface area contributed by atoms with E-state index in [9.17, 15) is 61.8 Å². The summed E-state index contributed by atoms with van der Waals surface area (Å²) in [4.78, 5) is 138. The zero-order valence-corrected chi connectivity index (χ0v) is 52.8. The van der Waals surface area contributed by atoms with Crippen molar-refractivity contribution in [2.75, 3.05) is 46.1 Å². The Balaban J connectivity index is 0.000000218. The number of ether oxygens (including phenoxy) is 7.